The number of carbonyl (C=O) groups is 1. The molecule has 2 atom stereocenters. The lowest BCUT2D eigenvalue weighted by Gasteiger charge is -2.38. The van der Waals surface area contributed by atoms with Gasteiger partial charge in [0, 0.05) is 18.0 Å². The van der Waals surface area contributed by atoms with E-state index >= 15 is 0 Å². The van der Waals surface area contributed by atoms with E-state index in [2.05, 4.69) is 29.0 Å². The van der Waals surface area contributed by atoms with Crippen LogP contribution in [0.4, 0.5) is 0 Å². The third-order valence-corrected chi connectivity index (χ3v) is 4.09. The molecule has 2 aliphatic rings. The standard InChI is InChI=1S/C13H20N4O/c1-8-4-3-5-9(2)17(8)13(18)12-14-11(15-16-12)10-6-7-10/h8-10H,3-7H2,1-2H3,(H,14,15,16)/t8-,9+. The van der Waals surface area contributed by atoms with E-state index < -0.39 is 0 Å². The van der Waals surface area contributed by atoms with E-state index in [0.717, 1.165) is 18.7 Å². The molecule has 1 aromatic rings. The van der Waals surface area contributed by atoms with Crippen LogP contribution in [0.1, 0.15) is 68.3 Å². The van der Waals surface area contributed by atoms with E-state index in [4.69, 9.17) is 0 Å². The Morgan fingerprint density at radius 2 is 1.89 bits per heavy atom. The number of amides is 1. The second-order valence-corrected chi connectivity index (χ2v) is 5.66. The van der Waals surface area contributed by atoms with Crippen molar-refractivity contribution in [1.82, 2.24) is 20.1 Å². The number of aromatic amines is 1. The van der Waals surface area contributed by atoms with E-state index in [-0.39, 0.29) is 5.91 Å². The molecule has 0 aromatic carbocycles. The highest BCUT2D eigenvalue weighted by Gasteiger charge is 2.33. The van der Waals surface area contributed by atoms with Crippen LogP contribution in [0.15, 0.2) is 0 Å². The number of carbonyl (C=O) groups excluding carboxylic acids is 1. The molecule has 1 saturated heterocycles. The zero-order chi connectivity index (χ0) is 12.7. The molecule has 18 heavy (non-hydrogen) atoms. The summed E-state index contributed by atoms with van der Waals surface area (Å²) in [7, 11) is 0. The molecule has 5 heteroatoms. The van der Waals surface area contributed by atoms with Gasteiger partial charge in [-0.15, -0.1) is 5.10 Å². The Kier molecular flexibility index (Phi) is 2.84. The van der Waals surface area contributed by atoms with Crippen molar-refractivity contribution in [3.8, 4) is 0 Å². The van der Waals surface area contributed by atoms with Gasteiger partial charge in [0.2, 0.25) is 5.82 Å². The van der Waals surface area contributed by atoms with Crippen molar-refractivity contribution in [1.29, 1.82) is 0 Å². The maximum Gasteiger partial charge on any atom is 0.294 e. The van der Waals surface area contributed by atoms with Gasteiger partial charge in [0.05, 0.1) is 0 Å². The average Bonchev–Trinajstić information content (AvgIpc) is 3.07. The molecule has 98 valence electrons. The van der Waals surface area contributed by atoms with E-state index in [1.807, 2.05) is 4.90 Å². The highest BCUT2D eigenvalue weighted by atomic mass is 16.2. The molecule has 0 unspecified atom stereocenters. The summed E-state index contributed by atoms with van der Waals surface area (Å²) in [6.07, 6.45) is 5.69. The molecule has 5 nitrogen and oxygen atoms in total. The minimum absolute atomic E-state index is 0.0159. The first-order valence-corrected chi connectivity index (χ1v) is 6.91. The first kappa shape index (κ1) is 11.7. The highest BCUT2D eigenvalue weighted by molar-refractivity contribution is 5.91. The Bertz CT molecular complexity index is 442. The largest absolute Gasteiger partial charge is 0.330 e. The Morgan fingerprint density at radius 3 is 2.50 bits per heavy atom. The summed E-state index contributed by atoms with van der Waals surface area (Å²) < 4.78 is 0. The minimum atomic E-state index is -0.0159. The lowest BCUT2D eigenvalue weighted by Crippen LogP contribution is -2.47. The second-order valence-electron chi connectivity index (χ2n) is 5.66. The Morgan fingerprint density at radius 1 is 1.22 bits per heavy atom. The molecule has 1 N–H and O–H groups in total. The molecule has 0 bridgehead atoms. The second kappa shape index (κ2) is 4.37. The summed E-state index contributed by atoms with van der Waals surface area (Å²) in [5.41, 5.74) is 0. The maximum atomic E-state index is 12.5. The van der Waals surface area contributed by atoms with Crippen LogP contribution < -0.4 is 0 Å². The van der Waals surface area contributed by atoms with Crippen LogP contribution in [0.2, 0.25) is 0 Å². The number of nitrogens with zero attached hydrogens (tertiary/aromatic N) is 3. The van der Waals surface area contributed by atoms with Crippen LogP contribution in [-0.4, -0.2) is 38.1 Å². The van der Waals surface area contributed by atoms with Gasteiger partial charge in [-0.05, 0) is 46.0 Å². The van der Waals surface area contributed by atoms with E-state index in [9.17, 15) is 4.79 Å². The zero-order valence-electron chi connectivity index (χ0n) is 11.0. The van der Waals surface area contributed by atoms with Crippen LogP contribution in [-0.2, 0) is 0 Å². The number of H-pyrrole nitrogens is 1. The zero-order valence-corrected chi connectivity index (χ0v) is 11.0. The fourth-order valence-corrected chi connectivity index (χ4v) is 2.85. The number of hydrogen-bond donors (Lipinski definition) is 1. The van der Waals surface area contributed by atoms with Crippen molar-refractivity contribution in [2.45, 2.75) is 64.0 Å². The number of nitrogens with one attached hydrogen (secondary N) is 1. The normalized spacial score (nSPS) is 28.4. The predicted molar refractivity (Wildman–Crippen MR) is 67.3 cm³/mol. The fourth-order valence-electron chi connectivity index (χ4n) is 2.85. The van der Waals surface area contributed by atoms with Crippen molar-refractivity contribution in [2.75, 3.05) is 0 Å². The third-order valence-electron chi connectivity index (χ3n) is 4.09. The van der Waals surface area contributed by atoms with Crippen LogP contribution in [0.3, 0.4) is 0 Å². The maximum absolute atomic E-state index is 12.5. The Hall–Kier alpha value is -1.39. The van der Waals surface area contributed by atoms with Gasteiger partial charge in [-0.1, -0.05) is 0 Å². The number of hydrogen-bond acceptors (Lipinski definition) is 3. The van der Waals surface area contributed by atoms with Gasteiger partial charge < -0.3 is 4.90 Å². The number of rotatable bonds is 2. The summed E-state index contributed by atoms with van der Waals surface area (Å²) in [5.74, 6) is 1.72. The molecule has 1 aromatic heterocycles. The number of piperidine rings is 1. The number of aromatic nitrogens is 3. The predicted octanol–water partition coefficient (Wildman–Crippen LogP) is 2.09. The molecule has 1 aliphatic carbocycles. The van der Waals surface area contributed by atoms with Crippen molar-refractivity contribution in [2.24, 2.45) is 0 Å². The van der Waals surface area contributed by atoms with E-state index in [1.54, 1.807) is 0 Å². The van der Waals surface area contributed by atoms with Gasteiger partial charge >= 0.3 is 0 Å². The Labute approximate surface area is 107 Å². The molecule has 1 amide bonds. The molecule has 0 radical (unpaired) electrons. The molecule has 2 heterocycles. The smallest absolute Gasteiger partial charge is 0.294 e. The van der Waals surface area contributed by atoms with Crippen molar-refractivity contribution < 1.29 is 4.79 Å². The summed E-state index contributed by atoms with van der Waals surface area (Å²) >= 11 is 0. The van der Waals surface area contributed by atoms with Gasteiger partial charge in [-0.2, -0.15) is 0 Å². The van der Waals surface area contributed by atoms with Crippen LogP contribution in [0, 0.1) is 0 Å². The van der Waals surface area contributed by atoms with Crippen LogP contribution >= 0.6 is 0 Å². The fraction of sp³-hybridized carbons (Fsp3) is 0.769. The van der Waals surface area contributed by atoms with E-state index in [0.29, 0.717) is 23.8 Å². The molecule has 2 fully saturated rings. The van der Waals surface area contributed by atoms with Crippen molar-refractivity contribution in [3.63, 3.8) is 0 Å². The summed E-state index contributed by atoms with van der Waals surface area (Å²) in [5, 5.41) is 7.00. The summed E-state index contributed by atoms with van der Waals surface area (Å²) in [4.78, 5) is 18.8. The van der Waals surface area contributed by atoms with Gasteiger partial charge in [-0.25, -0.2) is 4.98 Å². The van der Waals surface area contributed by atoms with Gasteiger partial charge in [0.1, 0.15) is 5.82 Å². The van der Waals surface area contributed by atoms with Gasteiger partial charge in [-0.3, -0.25) is 9.89 Å². The van der Waals surface area contributed by atoms with Crippen LogP contribution in [0.25, 0.3) is 0 Å². The third kappa shape index (κ3) is 2.02. The van der Waals surface area contributed by atoms with E-state index in [1.165, 1.54) is 19.3 Å². The highest BCUT2D eigenvalue weighted by Crippen LogP contribution is 2.37. The molecule has 1 aliphatic heterocycles. The SMILES string of the molecule is C[C@@H]1CCC[C@H](C)N1C(=O)c1n[nH]c(C2CC2)n1. The minimum Gasteiger partial charge on any atom is -0.330 e. The van der Waals surface area contributed by atoms with Gasteiger partial charge in [0.25, 0.3) is 5.91 Å². The summed E-state index contributed by atoms with van der Waals surface area (Å²) in [6.45, 7) is 4.23. The first-order chi connectivity index (χ1) is 8.66. The van der Waals surface area contributed by atoms with Crippen molar-refractivity contribution in [3.05, 3.63) is 11.6 Å². The molecular formula is C13H20N4O. The summed E-state index contributed by atoms with van der Waals surface area (Å²) in [6, 6.07) is 0.591. The molecule has 3 rings (SSSR count). The molecule has 1 saturated carbocycles. The lowest BCUT2D eigenvalue weighted by atomic mass is 9.97. The van der Waals surface area contributed by atoms with Gasteiger partial charge in [0.15, 0.2) is 0 Å². The quantitative estimate of drug-likeness (QED) is 0.871. The molecule has 0 spiro atoms. The van der Waals surface area contributed by atoms with Crippen molar-refractivity contribution >= 4 is 5.91 Å². The monoisotopic (exact) mass is 248 g/mol. The van der Waals surface area contributed by atoms with Crippen LogP contribution in [0.5, 0.6) is 0 Å². The first-order valence-electron chi connectivity index (χ1n) is 6.91. The topological polar surface area (TPSA) is 61.9 Å². The molecular weight excluding hydrogens is 228 g/mol. The lowest BCUT2D eigenvalue weighted by molar-refractivity contribution is 0.0498. The number of likely N-dealkylation sites (tertiary alicyclic amines) is 1. The average molecular weight is 248 g/mol. The Balaban J connectivity index is 1.79.